The van der Waals surface area contributed by atoms with E-state index in [1.54, 1.807) is 18.7 Å². The number of carbonyl (C=O) groups is 2. The molecule has 1 fully saturated rings. The number of fused-ring (bicyclic) bond motifs is 1. The van der Waals surface area contributed by atoms with E-state index in [4.69, 9.17) is 10.5 Å². The molecule has 3 heterocycles. The zero-order valence-corrected chi connectivity index (χ0v) is 19.1. The summed E-state index contributed by atoms with van der Waals surface area (Å²) in [6.45, 7) is 5.44. The molecule has 1 aliphatic rings. The summed E-state index contributed by atoms with van der Waals surface area (Å²) in [4.78, 5) is 35.9. The SMILES string of the molecule is CCOC(=O)c1sc2nc(CSc3nnc(N(C(C)=O)C4CC4)s3)nc(N)c2c1C. The van der Waals surface area contributed by atoms with Gasteiger partial charge in [0.05, 0.1) is 17.7 Å². The Bertz CT molecular complexity index is 1120. The molecule has 12 heteroatoms. The van der Waals surface area contributed by atoms with Crippen LogP contribution in [-0.4, -0.2) is 44.7 Å². The van der Waals surface area contributed by atoms with E-state index in [0.717, 1.165) is 22.7 Å². The summed E-state index contributed by atoms with van der Waals surface area (Å²) in [5.74, 6) is 0.945. The first kappa shape index (κ1) is 20.9. The summed E-state index contributed by atoms with van der Waals surface area (Å²) in [5, 5.41) is 9.66. The lowest BCUT2D eigenvalue weighted by Crippen LogP contribution is -2.30. The maximum absolute atomic E-state index is 12.2. The van der Waals surface area contributed by atoms with Gasteiger partial charge in [-0.05, 0) is 32.3 Å². The van der Waals surface area contributed by atoms with E-state index < -0.39 is 0 Å². The first-order valence-electron chi connectivity index (χ1n) is 9.37. The molecule has 3 aromatic heterocycles. The van der Waals surface area contributed by atoms with Crippen molar-refractivity contribution < 1.29 is 14.3 Å². The minimum atomic E-state index is -0.375. The van der Waals surface area contributed by atoms with E-state index in [0.29, 0.717) is 44.2 Å². The number of aryl methyl sites for hydroxylation is 1. The summed E-state index contributed by atoms with van der Waals surface area (Å²) < 4.78 is 5.84. The third-order valence-corrected chi connectivity index (χ3v) is 7.72. The predicted octanol–water partition coefficient (Wildman–Crippen LogP) is 3.42. The molecule has 0 bridgehead atoms. The molecule has 0 atom stereocenters. The highest BCUT2D eigenvalue weighted by Gasteiger charge is 2.34. The van der Waals surface area contributed by atoms with Gasteiger partial charge in [0.15, 0.2) is 4.34 Å². The van der Waals surface area contributed by atoms with Crippen LogP contribution in [0.15, 0.2) is 4.34 Å². The van der Waals surface area contributed by atoms with E-state index in [1.165, 1.54) is 34.4 Å². The molecule has 0 unspecified atom stereocenters. The Morgan fingerprint density at radius 1 is 1.27 bits per heavy atom. The highest BCUT2D eigenvalue weighted by atomic mass is 32.2. The van der Waals surface area contributed by atoms with Gasteiger partial charge in [-0.15, -0.1) is 21.5 Å². The molecule has 1 amide bonds. The average Bonchev–Trinajstić information content (AvgIpc) is 3.30. The standard InChI is InChI=1S/C18H20N6O3S3/c1-4-27-16(26)13-8(2)12-14(19)20-11(21-15(12)29-13)7-28-18-23-22-17(30-18)24(9(3)25)10-5-6-10/h10H,4-7H2,1-3H3,(H2,19,20,21). The number of anilines is 2. The molecule has 9 nitrogen and oxygen atoms in total. The Kier molecular flexibility index (Phi) is 5.89. The maximum atomic E-state index is 12.2. The predicted molar refractivity (Wildman–Crippen MR) is 118 cm³/mol. The van der Waals surface area contributed by atoms with Crippen molar-refractivity contribution in [1.82, 2.24) is 20.2 Å². The molecular formula is C18H20N6O3S3. The fourth-order valence-corrected chi connectivity index (χ4v) is 5.95. The summed E-state index contributed by atoms with van der Waals surface area (Å²) in [6.07, 6.45) is 2.01. The number of hydrogen-bond donors (Lipinski definition) is 1. The first-order chi connectivity index (χ1) is 14.4. The topological polar surface area (TPSA) is 124 Å². The largest absolute Gasteiger partial charge is 0.462 e. The van der Waals surface area contributed by atoms with Crippen LogP contribution in [0.2, 0.25) is 0 Å². The van der Waals surface area contributed by atoms with Crippen LogP contribution in [0.4, 0.5) is 10.9 Å². The van der Waals surface area contributed by atoms with Crippen LogP contribution in [0.5, 0.6) is 0 Å². The summed E-state index contributed by atoms with van der Waals surface area (Å²) in [6, 6.07) is 0.245. The molecule has 3 aromatic rings. The highest BCUT2D eigenvalue weighted by Crippen LogP contribution is 2.37. The molecule has 158 valence electrons. The lowest BCUT2D eigenvalue weighted by atomic mass is 10.2. The van der Waals surface area contributed by atoms with Gasteiger partial charge in [-0.3, -0.25) is 9.69 Å². The van der Waals surface area contributed by atoms with Crippen LogP contribution in [0, 0.1) is 6.92 Å². The number of aromatic nitrogens is 4. The number of hydrogen-bond acceptors (Lipinski definition) is 11. The van der Waals surface area contributed by atoms with Crippen LogP contribution >= 0.6 is 34.4 Å². The molecule has 4 rings (SSSR count). The number of nitrogen functional groups attached to an aromatic ring is 1. The average molecular weight is 465 g/mol. The van der Waals surface area contributed by atoms with Gasteiger partial charge >= 0.3 is 5.97 Å². The number of nitrogens with zero attached hydrogens (tertiary/aromatic N) is 5. The minimum absolute atomic E-state index is 0.0165. The summed E-state index contributed by atoms with van der Waals surface area (Å²) >= 11 is 4.08. The van der Waals surface area contributed by atoms with Crippen LogP contribution in [-0.2, 0) is 15.3 Å². The van der Waals surface area contributed by atoms with E-state index in [9.17, 15) is 9.59 Å². The van der Waals surface area contributed by atoms with E-state index >= 15 is 0 Å². The van der Waals surface area contributed by atoms with Gasteiger partial charge in [-0.25, -0.2) is 14.8 Å². The number of esters is 1. The minimum Gasteiger partial charge on any atom is -0.462 e. The smallest absolute Gasteiger partial charge is 0.348 e. The number of ether oxygens (including phenoxy) is 1. The molecule has 0 aromatic carbocycles. The van der Waals surface area contributed by atoms with E-state index in [-0.39, 0.29) is 17.9 Å². The third kappa shape index (κ3) is 4.12. The second-order valence-electron chi connectivity index (χ2n) is 6.74. The van der Waals surface area contributed by atoms with Crippen molar-refractivity contribution in [3.63, 3.8) is 0 Å². The molecule has 0 radical (unpaired) electrons. The molecule has 0 saturated heterocycles. The Morgan fingerprint density at radius 2 is 2.03 bits per heavy atom. The maximum Gasteiger partial charge on any atom is 0.348 e. The van der Waals surface area contributed by atoms with Crippen LogP contribution < -0.4 is 10.6 Å². The molecule has 30 heavy (non-hydrogen) atoms. The Morgan fingerprint density at radius 3 is 2.70 bits per heavy atom. The summed E-state index contributed by atoms with van der Waals surface area (Å²) in [7, 11) is 0. The number of carbonyl (C=O) groups excluding carboxylic acids is 2. The van der Waals surface area contributed by atoms with Gasteiger partial charge in [0.25, 0.3) is 0 Å². The zero-order valence-electron chi connectivity index (χ0n) is 16.7. The van der Waals surface area contributed by atoms with Crippen molar-refractivity contribution in [1.29, 1.82) is 0 Å². The van der Waals surface area contributed by atoms with Crippen molar-refractivity contribution >= 4 is 67.5 Å². The molecule has 1 aliphatic carbocycles. The Labute approximate surface area is 185 Å². The van der Waals surface area contributed by atoms with Gasteiger partial charge in [-0.2, -0.15) is 0 Å². The van der Waals surface area contributed by atoms with E-state index in [2.05, 4.69) is 20.2 Å². The van der Waals surface area contributed by atoms with Crippen molar-refractivity contribution in [2.45, 2.75) is 49.7 Å². The van der Waals surface area contributed by atoms with E-state index in [1.807, 2.05) is 6.92 Å². The van der Waals surface area contributed by atoms with Gasteiger partial charge in [0, 0.05) is 13.0 Å². The fraction of sp³-hybridized carbons (Fsp3) is 0.444. The monoisotopic (exact) mass is 464 g/mol. The van der Waals surface area contributed by atoms with Crippen LogP contribution in [0.25, 0.3) is 10.2 Å². The number of amides is 1. The Hall–Kier alpha value is -2.31. The molecular weight excluding hydrogens is 444 g/mol. The van der Waals surface area contributed by atoms with Crippen molar-refractivity contribution in [3.05, 3.63) is 16.3 Å². The summed E-state index contributed by atoms with van der Waals surface area (Å²) in [5.41, 5.74) is 6.90. The van der Waals surface area contributed by atoms with Gasteiger partial charge in [-0.1, -0.05) is 23.1 Å². The molecule has 1 saturated carbocycles. The van der Waals surface area contributed by atoms with Gasteiger partial charge < -0.3 is 10.5 Å². The fourth-order valence-electron chi connectivity index (χ4n) is 3.04. The molecule has 2 N–H and O–H groups in total. The third-order valence-electron chi connectivity index (χ3n) is 4.50. The highest BCUT2D eigenvalue weighted by molar-refractivity contribution is 8.00. The Balaban J connectivity index is 1.52. The second-order valence-corrected chi connectivity index (χ2v) is 9.92. The lowest BCUT2D eigenvalue weighted by molar-refractivity contribution is -0.116. The zero-order chi connectivity index (χ0) is 21.4. The van der Waals surface area contributed by atoms with Gasteiger partial charge in [0.1, 0.15) is 21.3 Å². The number of thioether (sulfide) groups is 1. The van der Waals surface area contributed by atoms with Crippen molar-refractivity contribution in [2.24, 2.45) is 0 Å². The van der Waals surface area contributed by atoms with Crippen molar-refractivity contribution in [2.75, 3.05) is 17.2 Å². The normalized spacial score (nSPS) is 13.6. The van der Waals surface area contributed by atoms with Gasteiger partial charge in [0.2, 0.25) is 11.0 Å². The number of rotatable bonds is 7. The second kappa shape index (κ2) is 8.44. The van der Waals surface area contributed by atoms with Crippen LogP contribution in [0.3, 0.4) is 0 Å². The quantitative estimate of drug-likeness (QED) is 0.318. The molecule has 0 spiro atoms. The number of nitrogens with two attached hydrogens (primary N) is 1. The first-order valence-corrected chi connectivity index (χ1v) is 12.0. The lowest BCUT2D eigenvalue weighted by Gasteiger charge is -2.15. The van der Waals surface area contributed by atoms with Crippen LogP contribution in [0.1, 0.15) is 47.7 Å². The molecule has 0 aliphatic heterocycles. The number of thiophene rings is 1. The van der Waals surface area contributed by atoms with Crippen molar-refractivity contribution in [3.8, 4) is 0 Å².